The highest BCUT2D eigenvalue weighted by Crippen LogP contribution is 2.47. The summed E-state index contributed by atoms with van der Waals surface area (Å²) in [7, 11) is 1.71. The lowest BCUT2D eigenvalue weighted by Gasteiger charge is -2.27. The van der Waals surface area contributed by atoms with Gasteiger partial charge in [0.2, 0.25) is 0 Å². The molecule has 0 radical (unpaired) electrons. The lowest BCUT2D eigenvalue weighted by Crippen LogP contribution is -2.25. The third-order valence-electron chi connectivity index (χ3n) is 7.84. The monoisotopic (exact) mass is 614 g/mol. The summed E-state index contributed by atoms with van der Waals surface area (Å²) in [6, 6.07) is 25.9. The van der Waals surface area contributed by atoms with Gasteiger partial charge >= 0.3 is 0 Å². The molecule has 0 spiro atoms. The van der Waals surface area contributed by atoms with Gasteiger partial charge in [0, 0.05) is 45.7 Å². The average molecular weight is 615 g/mol. The molecule has 1 aromatic heterocycles. The van der Waals surface area contributed by atoms with E-state index in [0.717, 1.165) is 65.4 Å². The molecule has 7 heteroatoms. The molecule has 2 aromatic carbocycles. The summed E-state index contributed by atoms with van der Waals surface area (Å²) in [6.45, 7) is 8.38. The molecule has 0 amide bonds. The van der Waals surface area contributed by atoms with Gasteiger partial charge in [-0.25, -0.2) is 0 Å². The van der Waals surface area contributed by atoms with Crippen LogP contribution in [-0.2, 0) is 10.3 Å². The predicted octanol–water partition coefficient (Wildman–Crippen LogP) is 9.41. The minimum Gasteiger partial charge on any atom is -0.496 e. The van der Waals surface area contributed by atoms with E-state index in [9.17, 15) is 15.8 Å². The van der Waals surface area contributed by atoms with E-state index in [1.807, 2.05) is 67.6 Å². The van der Waals surface area contributed by atoms with Crippen molar-refractivity contribution in [3.05, 3.63) is 110 Å². The standard InChI is InChI=1S/C38H38N4O2S/c1-5-7-22-42(23-8-6-2)31-16-14-28(36(24-31)43-4)15-17-32-18-19-33(45-32)20-21-35-34(27-41)37(29(25-39)26-40)44-38(35,3)30-12-10-9-11-13-30/h9-21,24H,5-8,22-23H2,1-4H3/b17-15+,21-20+. The van der Waals surface area contributed by atoms with Crippen molar-refractivity contribution < 1.29 is 9.47 Å². The van der Waals surface area contributed by atoms with Crippen LogP contribution in [0.25, 0.3) is 18.2 Å². The van der Waals surface area contributed by atoms with Crippen LogP contribution in [0.3, 0.4) is 0 Å². The Morgan fingerprint density at radius 3 is 2.11 bits per heavy atom. The number of ether oxygens (including phenoxy) is 2. The molecule has 0 N–H and O–H groups in total. The Morgan fingerprint density at radius 1 is 0.889 bits per heavy atom. The Bertz CT molecular complexity index is 1720. The number of rotatable bonds is 13. The molecule has 0 aliphatic carbocycles. The van der Waals surface area contributed by atoms with Crippen LogP contribution in [0, 0.1) is 34.0 Å². The number of methoxy groups -OCH3 is 1. The van der Waals surface area contributed by atoms with E-state index >= 15 is 0 Å². The highest BCUT2D eigenvalue weighted by atomic mass is 32.1. The Labute approximate surface area is 271 Å². The Hall–Kier alpha value is -5.03. The first-order valence-electron chi connectivity index (χ1n) is 15.3. The number of anilines is 1. The summed E-state index contributed by atoms with van der Waals surface area (Å²) in [5, 5.41) is 29.1. The van der Waals surface area contributed by atoms with Crippen LogP contribution in [0.5, 0.6) is 5.75 Å². The van der Waals surface area contributed by atoms with Crippen molar-refractivity contribution in [1.29, 1.82) is 15.8 Å². The third-order valence-corrected chi connectivity index (χ3v) is 8.85. The van der Waals surface area contributed by atoms with Gasteiger partial charge in [0.15, 0.2) is 16.9 Å². The lowest BCUT2D eigenvalue weighted by atomic mass is 9.86. The van der Waals surface area contributed by atoms with Crippen molar-refractivity contribution >= 4 is 35.3 Å². The van der Waals surface area contributed by atoms with Crippen LogP contribution in [0.4, 0.5) is 5.69 Å². The number of allylic oxidation sites excluding steroid dienone is 2. The Morgan fingerprint density at radius 2 is 1.53 bits per heavy atom. The number of hydrogen-bond donors (Lipinski definition) is 0. The van der Waals surface area contributed by atoms with Crippen molar-refractivity contribution in [2.45, 2.75) is 52.1 Å². The number of unbranched alkanes of at least 4 members (excludes halogenated alkanes) is 2. The third kappa shape index (κ3) is 7.55. The zero-order valence-electron chi connectivity index (χ0n) is 26.3. The van der Waals surface area contributed by atoms with Gasteiger partial charge in [-0.15, -0.1) is 11.3 Å². The zero-order valence-corrected chi connectivity index (χ0v) is 27.2. The van der Waals surface area contributed by atoms with Crippen LogP contribution in [0.1, 0.15) is 67.3 Å². The first-order valence-corrected chi connectivity index (χ1v) is 16.1. The number of thiophene rings is 1. The smallest absolute Gasteiger partial charge is 0.172 e. The van der Waals surface area contributed by atoms with Crippen LogP contribution >= 0.6 is 11.3 Å². The summed E-state index contributed by atoms with van der Waals surface area (Å²) in [6.07, 6.45) is 12.6. The predicted molar refractivity (Wildman–Crippen MR) is 183 cm³/mol. The fraction of sp³-hybridized carbons (Fsp3) is 0.289. The van der Waals surface area contributed by atoms with Crippen molar-refractivity contribution in [3.63, 3.8) is 0 Å². The molecule has 6 nitrogen and oxygen atoms in total. The summed E-state index contributed by atoms with van der Waals surface area (Å²) in [5.41, 5.74) is 2.53. The summed E-state index contributed by atoms with van der Waals surface area (Å²) in [5.74, 6) is 0.857. The van der Waals surface area contributed by atoms with E-state index < -0.39 is 5.60 Å². The normalized spacial score (nSPS) is 16.0. The van der Waals surface area contributed by atoms with E-state index in [0.29, 0.717) is 5.57 Å². The van der Waals surface area contributed by atoms with Crippen molar-refractivity contribution in [2.24, 2.45) is 0 Å². The quantitative estimate of drug-likeness (QED) is 0.178. The number of benzene rings is 2. The summed E-state index contributed by atoms with van der Waals surface area (Å²) in [4.78, 5) is 4.50. The zero-order chi connectivity index (χ0) is 32.2. The van der Waals surface area contributed by atoms with Crippen molar-refractivity contribution in [2.75, 3.05) is 25.1 Å². The molecule has 228 valence electrons. The average Bonchev–Trinajstić information content (AvgIpc) is 3.65. The second kappa shape index (κ2) is 15.6. The summed E-state index contributed by atoms with van der Waals surface area (Å²) < 4.78 is 12.0. The lowest BCUT2D eigenvalue weighted by molar-refractivity contribution is 0.0755. The minimum atomic E-state index is -1.04. The summed E-state index contributed by atoms with van der Waals surface area (Å²) >= 11 is 1.61. The van der Waals surface area contributed by atoms with Crippen LogP contribution in [-0.4, -0.2) is 20.2 Å². The Balaban J connectivity index is 1.61. The molecule has 0 saturated carbocycles. The van der Waals surface area contributed by atoms with Crippen molar-refractivity contribution in [1.82, 2.24) is 0 Å². The minimum absolute atomic E-state index is 0.0159. The molecule has 0 fully saturated rings. The van der Waals surface area contributed by atoms with E-state index in [1.165, 1.54) is 5.69 Å². The second-order valence-electron chi connectivity index (χ2n) is 10.9. The van der Waals surface area contributed by atoms with Gasteiger partial charge in [-0.1, -0.05) is 63.1 Å². The largest absolute Gasteiger partial charge is 0.496 e. The van der Waals surface area contributed by atoms with Gasteiger partial charge in [-0.05, 0) is 67.8 Å². The molecule has 45 heavy (non-hydrogen) atoms. The molecule has 1 aliphatic rings. The number of nitrogens with zero attached hydrogens (tertiary/aromatic N) is 4. The first kappa shape index (κ1) is 32.9. The van der Waals surface area contributed by atoms with E-state index in [-0.39, 0.29) is 16.9 Å². The van der Waals surface area contributed by atoms with Gasteiger partial charge in [0.05, 0.1) is 7.11 Å². The molecular formula is C38H38N4O2S. The highest BCUT2D eigenvalue weighted by Gasteiger charge is 2.43. The SMILES string of the molecule is CCCCN(CCCC)c1ccc(/C=C/c2ccc(/C=C/C3=C(C#N)C(=C(C#N)C#N)OC3(C)c3ccccc3)s2)c(OC)c1. The Kier molecular flexibility index (Phi) is 11.4. The second-order valence-corrected chi connectivity index (χ2v) is 12.0. The van der Waals surface area contributed by atoms with E-state index in [2.05, 4.69) is 61.2 Å². The molecule has 2 heterocycles. The molecule has 4 rings (SSSR count). The number of nitriles is 3. The molecule has 1 unspecified atom stereocenters. The molecule has 0 saturated heterocycles. The van der Waals surface area contributed by atoms with Gasteiger partial charge in [-0.2, -0.15) is 15.8 Å². The van der Waals surface area contributed by atoms with E-state index in [4.69, 9.17) is 9.47 Å². The van der Waals surface area contributed by atoms with Crippen LogP contribution in [0.15, 0.2) is 89.2 Å². The topological polar surface area (TPSA) is 93.1 Å². The molecule has 0 bridgehead atoms. The number of hydrogen-bond acceptors (Lipinski definition) is 7. The van der Waals surface area contributed by atoms with Gasteiger partial charge in [0.1, 0.15) is 29.5 Å². The molecule has 1 aliphatic heterocycles. The maximum Gasteiger partial charge on any atom is 0.172 e. The maximum absolute atomic E-state index is 10.1. The van der Waals surface area contributed by atoms with E-state index in [1.54, 1.807) is 18.4 Å². The molecule has 3 aromatic rings. The highest BCUT2D eigenvalue weighted by molar-refractivity contribution is 7.13. The molecule has 1 atom stereocenters. The molecular weight excluding hydrogens is 577 g/mol. The fourth-order valence-electron chi connectivity index (χ4n) is 5.28. The first-order chi connectivity index (χ1) is 21.9. The van der Waals surface area contributed by atoms with Gasteiger partial charge < -0.3 is 14.4 Å². The van der Waals surface area contributed by atoms with Crippen molar-refractivity contribution in [3.8, 4) is 24.0 Å². The van der Waals surface area contributed by atoms with Gasteiger partial charge in [-0.3, -0.25) is 0 Å². The van der Waals surface area contributed by atoms with Gasteiger partial charge in [0.25, 0.3) is 0 Å². The van der Waals surface area contributed by atoms with Crippen LogP contribution < -0.4 is 9.64 Å². The fourth-order valence-corrected chi connectivity index (χ4v) is 6.10. The maximum atomic E-state index is 10.1. The van der Waals surface area contributed by atoms with Crippen LogP contribution in [0.2, 0.25) is 0 Å².